The number of rotatable bonds is 6. The lowest BCUT2D eigenvalue weighted by molar-refractivity contribution is -0.0937. The fraction of sp³-hybridized carbons (Fsp3) is 0.333. The third kappa shape index (κ3) is 7.14. The maximum Gasteiger partial charge on any atom is 0.229 e. The second-order valence-electron chi connectivity index (χ2n) is 5.78. The van der Waals surface area contributed by atoms with Crippen LogP contribution in [0.3, 0.4) is 0 Å². The van der Waals surface area contributed by atoms with Gasteiger partial charge in [0.2, 0.25) is 11.9 Å². The van der Waals surface area contributed by atoms with E-state index >= 15 is 0 Å². The highest BCUT2D eigenvalue weighted by Gasteiger charge is 2.10. The van der Waals surface area contributed by atoms with Crippen LogP contribution in [0.4, 0.5) is 16.0 Å². The molecular formula is C18H23FN6O2S. The molecule has 1 aromatic carbocycles. The van der Waals surface area contributed by atoms with Gasteiger partial charge in [0.1, 0.15) is 5.82 Å². The molecule has 0 unspecified atom stereocenters. The second-order valence-corrected chi connectivity index (χ2v) is 6.18. The summed E-state index contributed by atoms with van der Waals surface area (Å²) in [4.78, 5) is 13.1. The number of hydrogen-bond donors (Lipinski definition) is 3. The molecule has 0 aliphatic carbocycles. The fourth-order valence-corrected chi connectivity index (χ4v) is 2.43. The number of hydrogen-bond acceptors (Lipinski definition) is 6. The van der Waals surface area contributed by atoms with Crippen molar-refractivity contribution in [1.82, 2.24) is 15.3 Å². The fourth-order valence-electron chi connectivity index (χ4n) is 2.21. The topological polar surface area (TPSA) is 92.7 Å². The lowest BCUT2D eigenvalue weighted by Gasteiger charge is -2.16. The molecule has 0 bridgehead atoms. The lowest BCUT2D eigenvalue weighted by Crippen LogP contribution is -2.40. The van der Waals surface area contributed by atoms with Crippen molar-refractivity contribution in [2.75, 3.05) is 31.4 Å². The molecule has 150 valence electrons. The van der Waals surface area contributed by atoms with Crippen LogP contribution in [-0.2, 0) is 9.47 Å². The minimum Gasteiger partial charge on any atom is -0.354 e. The lowest BCUT2D eigenvalue weighted by atomic mass is 10.3. The van der Waals surface area contributed by atoms with E-state index in [0.717, 1.165) is 11.4 Å². The summed E-state index contributed by atoms with van der Waals surface area (Å²) in [6, 6.07) is 7.69. The van der Waals surface area contributed by atoms with Crippen molar-refractivity contribution in [2.24, 2.45) is 4.99 Å². The summed E-state index contributed by atoms with van der Waals surface area (Å²) < 4.78 is 23.3. The largest absolute Gasteiger partial charge is 0.354 e. The SMILES string of the molecule is COC(CN=C(NC(=S)Nc1ccc(F)cc1)Nc1nc(C)cc(C)n1)OC. The van der Waals surface area contributed by atoms with E-state index in [0.29, 0.717) is 17.6 Å². The van der Waals surface area contributed by atoms with Crippen LogP contribution in [0.5, 0.6) is 0 Å². The highest BCUT2D eigenvalue weighted by molar-refractivity contribution is 7.80. The zero-order valence-corrected chi connectivity index (χ0v) is 16.9. The molecular weight excluding hydrogens is 383 g/mol. The van der Waals surface area contributed by atoms with Gasteiger partial charge in [0.05, 0.1) is 6.54 Å². The van der Waals surface area contributed by atoms with Crippen LogP contribution in [0.2, 0.25) is 0 Å². The molecule has 0 amide bonds. The summed E-state index contributed by atoms with van der Waals surface area (Å²) in [7, 11) is 3.05. The van der Waals surface area contributed by atoms with Crippen LogP contribution < -0.4 is 16.0 Å². The van der Waals surface area contributed by atoms with E-state index in [-0.39, 0.29) is 17.5 Å². The van der Waals surface area contributed by atoms with Crippen molar-refractivity contribution >= 4 is 34.9 Å². The van der Waals surface area contributed by atoms with Gasteiger partial charge in [-0.25, -0.2) is 19.4 Å². The van der Waals surface area contributed by atoms with E-state index in [1.165, 1.54) is 26.4 Å². The normalized spacial score (nSPS) is 11.4. The second kappa shape index (κ2) is 10.6. The number of methoxy groups -OCH3 is 2. The van der Waals surface area contributed by atoms with Crippen molar-refractivity contribution in [2.45, 2.75) is 20.1 Å². The Balaban J connectivity index is 2.13. The average Bonchev–Trinajstić information content (AvgIpc) is 2.63. The predicted octanol–water partition coefficient (Wildman–Crippen LogP) is 2.61. The molecule has 28 heavy (non-hydrogen) atoms. The first-order valence-electron chi connectivity index (χ1n) is 8.42. The van der Waals surface area contributed by atoms with Crippen LogP contribution >= 0.6 is 12.2 Å². The molecule has 10 heteroatoms. The Morgan fingerprint density at radius 2 is 1.71 bits per heavy atom. The standard InChI is InChI=1S/C18H23FN6O2S/c1-11-9-12(2)22-17(21-11)24-16(20-10-15(26-3)27-4)25-18(28)23-14-7-5-13(19)6-8-14/h5-9,15H,10H2,1-4H3,(H3,20,21,22,23,24,25,28). The predicted molar refractivity (Wildman–Crippen MR) is 111 cm³/mol. The highest BCUT2D eigenvalue weighted by Crippen LogP contribution is 2.08. The van der Waals surface area contributed by atoms with Gasteiger partial charge in [0.15, 0.2) is 11.4 Å². The van der Waals surface area contributed by atoms with Crippen molar-refractivity contribution in [3.8, 4) is 0 Å². The number of benzene rings is 1. The molecule has 2 rings (SSSR count). The molecule has 1 heterocycles. The van der Waals surface area contributed by atoms with Gasteiger partial charge in [-0.15, -0.1) is 0 Å². The Morgan fingerprint density at radius 3 is 2.29 bits per heavy atom. The number of thiocarbonyl (C=S) groups is 1. The van der Waals surface area contributed by atoms with Crippen LogP contribution in [0.15, 0.2) is 35.3 Å². The van der Waals surface area contributed by atoms with E-state index < -0.39 is 6.29 Å². The van der Waals surface area contributed by atoms with E-state index in [9.17, 15) is 4.39 Å². The monoisotopic (exact) mass is 406 g/mol. The van der Waals surface area contributed by atoms with Crippen LogP contribution in [0.25, 0.3) is 0 Å². The van der Waals surface area contributed by atoms with Gasteiger partial charge in [-0.2, -0.15) is 0 Å². The van der Waals surface area contributed by atoms with Crippen LogP contribution in [0.1, 0.15) is 11.4 Å². The molecule has 0 saturated heterocycles. The summed E-state index contributed by atoms with van der Waals surface area (Å²) in [6.45, 7) is 3.96. The van der Waals surface area contributed by atoms with Gasteiger partial charge in [-0.3, -0.25) is 5.32 Å². The minimum atomic E-state index is -0.516. The number of nitrogens with zero attached hydrogens (tertiary/aromatic N) is 3. The maximum absolute atomic E-state index is 13.0. The summed E-state index contributed by atoms with van der Waals surface area (Å²) >= 11 is 5.31. The van der Waals surface area contributed by atoms with Gasteiger partial charge >= 0.3 is 0 Å². The Bertz CT molecular complexity index is 807. The van der Waals surface area contributed by atoms with E-state index in [1.807, 2.05) is 19.9 Å². The number of aliphatic imine (C=N–C) groups is 1. The highest BCUT2D eigenvalue weighted by atomic mass is 32.1. The van der Waals surface area contributed by atoms with Gasteiger partial charge in [0.25, 0.3) is 0 Å². The molecule has 0 aliphatic heterocycles. The molecule has 0 spiro atoms. The van der Waals surface area contributed by atoms with Crippen LogP contribution in [-0.4, -0.2) is 48.1 Å². The quantitative estimate of drug-likeness (QED) is 0.292. The molecule has 0 saturated carbocycles. The van der Waals surface area contributed by atoms with Crippen molar-refractivity contribution in [3.05, 3.63) is 47.5 Å². The van der Waals surface area contributed by atoms with Crippen LogP contribution in [0, 0.1) is 19.7 Å². The van der Waals surface area contributed by atoms with Gasteiger partial charge in [0, 0.05) is 31.3 Å². The minimum absolute atomic E-state index is 0.215. The van der Waals surface area contributed by atoms with E-state index in [2.05, 4.69) is 30.9 Å². The zero-order chi connectivity index (χ0) is 20.5. The summed E-state index contributed by atoms with van der Waals surface area (Å²) in [6.07, 6.45) is -0.516. The molecule has 1 aromatic heterocycles. The first kappa shape index (κ1) is 21.6. The Morgan fingerprint density at radius 1 is 1.11 bits per heavy atom. The smallest absolute Gasteiger partial charge is 0.229 e. The number of aromatic nitrogens is 2. The summed E-state index contributed by atoms with van der Waals surface area (Å²) in [5, 5.41) is 9.16. The first-order chi connectivity index (χ1) is 13.4. The van der Waals surface area contributed by atoms with Crippen molar-refractivity contribution in [1.29, 1.82) is 0 Å². The average molecular weight is 406 g/mol. The molecule has 8 nitrogen and oxygen atoms in total. The maximum atomic E-state index is 13.0. The first-order valence-corrected chi connectivity index (χ1v) is 8.83. The summed E-state index contributed by atoms with van der Waals surface area (Å²) in [5.74, 6) is 0.355. The number of guanidine groups is 1. The van der Waals surface area contributed by atoms with Gasteiger partial charge in [-0.1, -0.05) is 0 Å². The molecule has 0 aliphatic rings. The Kier molecular flexibility index (Phi) is 8.18. The molecule has 2 aromatic rings. The molecule has 3 N–H and O–H groups in total. The number of nitrogens with one attached hydrogen (secondary N) is 3. The Hall–Kier alpha value is -2.69. The van der Waals surface area contributed by atoms with E-state index in [4.69, 9.17) is 21.7 Å². The molecule has 0 fully saturated rings. The van der Waals surface area contributed by atoms with Crippen molar-refractivity contribution in [3.63, 3.8) is 0 Å². The number of ether oxygens (including phenoxy) is 2. The summed E-state index contributed by atoms with van der Waals surface area (Å²) in [5.41, 5.74) is 2.26. The van der Waals surface area contributed by atoms with Gasteiger partial charge in [-0.05, 0) is 56.4 Å². The van der Waals surface area contributed by atoms with Gasteiger partial charge < -0.3 is 20.1 Å². The number of aryl methyl sites for hydroxylation is 2. The number of halogens is 1. The zero-order valence-electron chi connectivity index (χ0n) is 16.1. The molecule has 0 radical (unpaired) electrons. The number of anilines is 2. The third-order valence-electron chi connectivity index (χ3n) is 3.47. The third-order valence-corrected chi connectivity index (χ3v) is 3.67. The van der Waals surface area contributed by atoms with Crippen molar-refractivity contribution < 1.29 is 13.9 Å². The molecule has 0 atom stereocenters. The van der Waals surface area contributed by atoms with E-state index in [1.54, 1.807) is 12.1 Å². The Labute approximate surface area is 168 Å².